The third kappa shape index (κ3) is 4.10. The highest BCUT2D eigenvalue weighted by Gasteiger charge is 2.13. The van der Waals surface area contributed by atoms with Crippen molar-refractivity contribution in [2.45, 2.75) is 11.8 Å². The first-order chi connectivity index (χ1) is 7.75. The Morgan fingerprint density at radius 3 is 3.00 bits per heavy atom. The molecule has 1 aromatic rings. The number of halogens is 2. The Hall–Kier alpha value is 1.13. The van der Waals surface area contributed by atoms with Crippen LogP contribution in [0.3, 0.4) is 0 Å². The number of rotatable bonds is 4. The minimum absolute atomic E-state index is 0.776. The summed E-state index contributed by atoms with van der Waals surface area (Å²) in [5.41, 5.74) is 0. The van der Waals surface area contributed by atoms with Crippen LogP contribution in [-0.2, 0) is 6.54 Å². The summed E-state index contributed by atoms with van der Waals surface area (Å²) in [6.07, 6.45) is 0. The highest BCUT2D eigenvalue weighted by Crippen LogP contribution is 2.31. The fraction of sp³-hybridized carbons (Fsp3) is 0.600. The molecule has 90 valence electrons. The zero-order valence-corrected chi connectivity index (χ0v) is 13.5. The van der Waals surface area contributed by atoms with Gasteiger partial charge in [0.2, 0.25) is 0 Å². The van der Waals surface area contributed by atoms with E-state index in [1.165, 1.54) is 22.1 Å². The van der Waals surface area contributed by atoms with Crippen molar-refractivity contribution in [3.05, 3.63) is 19.8 Å². The van der Waals surface area contributed by atoms with Crippen LogP contribution in [0.4, 0.5) is 0 Å². The van der Waals surface area contributed by atoms with Gasteiger partial charge in [-0.15, -0.1) is 11.3 Å². The lowest BCUT2D eigenvalue weighted by molar-refractivity contribution is 0.693. The molecule has 1 fully saturated rings. The summed E-state index contributed by atoms with van der Waals surface area (Å²) in [6, 6.07) is 2.10. The van der Waals surface area contributed by atoms with Crippen LogP contribution in [0.25, 0.3) is 0 Å². The minimum atomic E-state index is 0.776. The lowest BCUT2D eigenvalue weighted by Gasteiger charge is -2.20. The Balaban J connectivity index is 1.71. The van der Waals surface area contributed by atoms with E-state index in [-0.39, 0.29) is 0 Å². The van der Waals surface area contributed by atoms with Gasteiger partial charge in [-0.1, -0.05) is 11.6 Å². The van der Waals surface area contributed by atoms with E-state index in [9.17, 15) is 0 Å². The summed E-state index contributed by atoms with van der Waals surface area (Å²) < 4.78 is 1.86. The Morgan fingerprint density at radius 2 is 2.38 bits per heavy atom. The zero-order valence-electron chi connectivity index (χ0n) is 8.67. The molecule has 0 bridgehead atoms. The highest BCUT2D eigenvalue weighted by atomic mass is 79.9. The molecule has 16 heavy (non-hydrogen) atoms. The summed E-state index contributed by atoms with van der Waals surface area (Å²) >= 11 is 15.2. The van der Waals surface area contributed by atoms with Crippen molar-refractivity contribution < 1.29 is 0 Å². The van der Waals surface area contributed by atoms with E-state index >= 15 is 0 Å². The van der Waals surface area contributed by atoms with Gasteiger partial charge in [-0.2, -0.15) is 23.5 Å². The van der Waals surface area contributed by atoms with Gasteiger partial charge in [-0.3, -0.25) is 0 Å². The number of thioether (sulfide) groups is 2. The van der Waals surface area contributed by atoms with E-state index in [0.29, 0.717) is 0 Å². The van der Waals surface area contributed by atoms with Gasteiger partial charge in [0.05, 0.1) is 0 Å². The van der Waals surface area contributed by atoms with Crippen LogP contribution in [-0.4, -0.2) is 29.1 Å². The van der Waals surface area contributed by atoms with E-state index < -0.39 is 0 Å². The molecule has 0 amide bonds. The molecule has 0 spiro atoms. The van der Waals surface area contributed by atoms with Crippen LogP contribution in [0.2, 0.25) is 4.34 Å². The highest BCUT2D eigenvalue weighted by molar-refractivity contribution is 9.10. The Bertz CT molecular complexity index is 319. The van der Waals surface area contributed by atoms with Crippen LogP contribution in [0.5, 0.6) is 0 Å². The first-order valence-corrected chi connectivity index (χ1v) is 9.28. The number of thiophene rings is 1. The predicted molar refractivity (Wildman–Crippen MR) is 82.3 cm³/mol. The number of nitrogens with one attached hydrogen (secondary N) is 1. The minimum Gasteiger partial charge on any atom is -0.311 e. The third-order valence-electron chi connectivity index (χ3n) is 2.25. The van der Waals surface area contributed by atoms with Crippen molar-refractivity contribution >= 4 is 62.4 Å². The summed E-state index contributed by atoms with van der Waals surface area (Å²) in [5.74, 6) is 3.90. The maximum Gasteiger partial charge on any atom is 0.107 e. The maximum absolute atomic E-state index is 5.99. The van der Waals surface area contributed by atoms with Crippen molar-refractivity contribution in [3.8, 4) is 0 Å². The van der Waals surface area contributed by atoms with E-state index in [4.69, 9.17) is 11.6 Å². The van der Waals surface area contributed by atoms with Crippen LogP contribution < -0.4 is 5.32 Å². The molecular formula is C10H13BrClNS3. The molecule has 1 N–H and O–H groups in total. The Labute approximate surface area is 122 Å². The molecule has 1 nitrogen and oxygen atoms in total. The molecule has 0 aromatic carbocycles. The van der Waals surface area contributed by atoms with Crippen LogP contribution in [0.1, 0.15) is 4.88 Å². The van der Waals surface area contributed by atoms with Crippen molar-refractivity contribution in [1.82, 2.24) is 5.32 Å². The summed E-state index contributed by atoms with van der Waals surface area (Å²) in [6.45, 7) is 2.03. The average molecular weight is 359 g/mol. The van der Waals surface area contributed by atoms with Gasteiger partial charge < -0.3 is 5.32 Å². The van der Waals surface area contributed by atoms with Crippen molar-refractivity contribution in [3.63, 3.8) is 0 Å². The molecule has 0 saturated carbocycles. The molecule has 0 aliphatic carbocycles. The fourth-order valence-electron chi connectivity index (χ4n) is 1.49. The van der Waals surface area contributed by atoms with Gasteiger partial charge in [0.1, 0.15) is 4.34 Å². The summed E-state index contributed by atoms with van der Waals surface area (Å²) in [7, 11) is 0. The van der Waals surface area contributed by atoms with Crippen molar-refractivity contribution in [2.75, 3.05) is 23.8 Å². The maximum atomic E-state index is 5.99. The molecule has 1 saturated heterocycles. The second-order valence-corrected chi connectivity index (χ2v) is 8.68. The van der Waals surface area contributed by atoms with Gasteiger partial charge in [-0.05, 0) is 22.0 Å². The van der Waals surface area contributed by atoms with E-state index in [2.05, 4.69) is 50.8 Å². The Kier molecular flexibility index (Phi) is 5.85. The Morgan fingerprint density at radius 1 is 1.50 bits per heavy atom. The van der Waals surface area contributed by atoms with Crippen LogP contribution >= 0.6 is 62.4 Å². The van der Waals surface area contributed by atoms with Gasteiger partial charge in [-0.25, -0.2) is 0 Å². The fourth-order valence-corrected chi connectivity index (χ4v) is 5.90. The first-order valence-electron chi connectivity index (χ1n) is 5.09. The van der Waals surface area contributed by atoms with Crippen LogP contribution in [0, 0.1) is 0 Å². The molecule has 2 heterocycles. The standard InChI is InChI=1S/C10H13BrClNS3/c11-9-3-7(16-10(9)12)4-13-5-8-6-14-1-2-15-8/h3,8,13H,1-2,4-6H2. The van der Waals surface area contributed by atoms with Gasteiger partial charge in [0.25, 0.3) is 0 Å². The molecular weight excluding hydrogens is 346 g/mol. The predicted octanol–water partition coefficient (Wildman–Crippen LogP) is 4.10. The van der Waals surface area contributed by atoms with E-state index in [0.717, 1.165) is 27.1 Å². The van der Waals surface area contributed by atoms with Gasteiger partial charge in [0, 0.05) is 44.9 Å². The first kappa shape index (κ1) is 13.6. The monoisotopic (exact) mass is 357 g/mol. The largest absolute Gasteiger partial charge is 0.311 e. The normalized spacial score (nSPS) is 21.2. The van der Waals surface area contributed by atoms with Gasteiger partial charge in [0.15, 0.2) is 0 Å². The zero-order chi connectivity index (χ0) is 11.4. The van der Waals surface area contributed by atoms with Crippen molar-refractivity contribution in [2.24, 2.45) is 0 Å². The summed E-state index contributed by atoms with van der Waals surface area (Å²) in [5, 5.41) is 4.28. The third-order valence-corrected chi connectivity index (χ3v) is 7.57. The molecule has 1 aromatic heterocycles. The topological polar surface area (TPSA) is 12.0 Å². The molecule has 1 aliphatic heterocycles. The van der Waals surface area contributed by atoms with E-state index in [1.54, 1.807) is 11.3 Å². The second-order valence-electron chi connectivity index (χ2n) is 3.53. The van der Waals surface area contributed by atoms with E-state index in [1.807, 2.05) is 0 Å². The van der Waals surface area contributed by atoms with Crippen molar-refractivity contribution in [1.29, 1.82) is 0 Å². The smallest absolute Gasteiger partial charge is 0.107 e. The summed E-state index contributed by atoms with van der Waals surface area (Å²) in [4.78, 5) is 1.30. The molecule has 2 rings (SSSR count). The number of hydrogen-bond acceptors (Lipinski definition) is 4. The lowest BCUT2D eigenvalue weighted by Crippen LogP contribution is -2.28. The molecule has 1 aliphatic rings. The molecule has 1 atom stereocenters. The van der Waals surface area contributed by atoms with Crippen LogP contribution in [0.15, 0.2) is 10.5 Å². The quantitative estimate of drug-likeness (QED) is 0.870. The van der Waals surface area contributed by atoms with Gasteiger partial charge >= 0.3 is 0 Å². The molecule has 1 unspecified atom stereocenters. The SMILES string of the molecule is Clc1sc(CNCC2CSCCS2)cc1Br. The average Bonchev–Trinajstić information content (AvgIpc) is 2.60. The second kappa shape index (κ2) is 6.90. The molecule has 0 radical (unpaired) electrons. The molecule has 6 heteroatoms. The number of hydrogen-bond donors (Lipinski definition) is 1. The lowest BCUT2D eigenvalue weighted by atomic mass is 10.4.